The topological polar surface area (TPSA) is 95.8 Å². The van der Waals surface area contributed by atoms with Gasteiger partial charge < -0.3 is 29.2 Å². The molecule has 5 rings (SSSR count). The molecular formula is C32H46N6O4. The summed E-state index contributed by atoms with van der Waals surface area (Å²) in [6.07, 6.45) is 5.14. The highest BCUT2D eigenvalue weighted by molar-refractivity contribution is 5.61. The smallest absolute Gasteiger partial charge is 0.177 e. The molecule has 3 unspecified atom stereocenters. The zero-order valence-corrected chi connectivity index (χ0v) is 25.5. The number of methoxy groups -OCH3 is 2. The highest BCUT2D eigenvalue weighted by Crippen LogP contribution is 2.36. The fraction of sp³-hybridized carbons (Fsp3) is 0.594. The lowest BCUT2D eigenvalue weighted by atomic mass is 9.82. The monoisotopic (exact) mass is 578 g/mol. The standard InChI is InChI=1S/C32H46N6O4/c1-5-24(32-34-36-37(2)35-32)8-11-26-20-28(25-9-12-27(40-4)13-10-25)31(21-33-26)42-22-23-7-14-30-29(19-23)38(16-18-41-30)15-6-17-39-3/h7,9-10,12-14,19,24,26,28,31,33H,5-6,8,11,15-18,20-22H2,1-4H3/t24?,26?,28?,31-/m0/s1. The minimum absolute atomic E-state index is 0.0587. The van der Waals surface area contributed by atoms with Crippen LogP contribution in [0.4, 0.5) is 5.69 Å². The van der Waals surface area contributed by atoms with Crippen molar-refractivity contribution >= 4 is 5.69 Å². The van der Waals surface area contributed by atoms with E-state index >= 15 is 0 Å². The van der Waals surface area contributed by atoms with E-state index in [9.17, 15) is 0 Å². The molecule has 0 aliphatic carbocycles. The summed E-state index contributed by atoms with van der Waals surface area (Å²) in [5, 5.41) is 16.6. The molecule has 10 nitrogen and oxygen atoms in total. The second-order valence-corrected chi connectivity index (χ2v) is 11.4. The van der Waals surface area contributed by atoms with E-state index in [0.717, 1.165) is 86.9 Å². The van der Waals surface area contributed by atoms with Gasteiger partial charge in [0.2, 0.25) is 0 Å². The average Bonchev–Trinajstić information content (AvgIpc) is 3.46. The summed E-state index contributed by atoms with van der Waals surface area (Å²) in [4.78, 5) is 3.95. The molecule has 228 valence electrons. The first kappa shape index (κ1) is 30.3. The normalized spacial score (nSPS) is 21.0. The van der Waals surface area contributed by atoms with Gasteiger partial charge in [0.1, 0.15) is 18.1 Å². The molecule has 10 heteroatoms. The van der Waals surface area contributed by atoms with Gasteiger partial charge >= 0.3 is 0 Å². The van der Waals surface area contributed by atoms with Crippen LogP contribution in [0.15, 0.2) is 42.5 Å². The molecule has 2 aromatic carbocycles. The van der Waals surface area contributed by atoms with Crippen molar-refractivity contribution in [2.45, 2.75) is 69.6 Å². The van der Waals surface area contributed by atoms with Gasteiger partial charge in [0.15, 0.2) is 5.82 Å². The van der Waals surface area contributed by atoms with E-state index in [1.54, 1.807) is 19.0 Å². The Bertz CT molecular complexity index is 1250. The molecule has 1 N–H and O–H groups in total. The van der Waals surface area contributed by atoms with Crippen LogP contribution >= 0.6 is 0 Å². The highest BCUT2D eigenvalue weighted by atomic mass is 16.5. The summed E-state index contributed by atoms with van der Waals surface area (Å²) in [6.45, 7) is 6.87. The quantitative estimate of drug-likeness (QED) is 0.278. The van der Waals surface area contributed by atoms with Crippen molar-refractivity contribution in [2.75, 3.05) is 52.0 Å². The van der Waals surface area contributed by atoms with Crippen LogP contribution in [0.5, 0.6) is 11.5 Å². The third kappa shape index (κ3) is 7.59. The molecular weight excluding hydrogens is 532 g/mol. The minimum atomic E-state index is 0.0587. The van der Waals surface area contributed by atoms with E-state index < -0.39 is 0 Å². The van der Waals surface area contributed by atoms with Gasteiger partial charge in [-0.1, -0.05) is 25.1 Å². The summed E-state index contributed by atoms with van der Waals surface area (Å²) < 4.78 is 23.3. The Balaban J connectivity index is 1.25. The van der Waals surface area contributed by atoms with E-state index in [-0.39, 0.29) is 12.0 Å². The van der Waals surface area contributed by atoms with Crippen molar-refractivity contribution in [3.8, 4) is 11.5 Å². The van der Waals surface area contributed by atoms with Crippen LogP contribution in [0, 0.1) is 0 Å². The Hall–Kier alpha value is -3.21. The van der Waals surface area contributed by atoms with Crippen molar-refractivity contribution in [3.63, 3.8) is 0 Å². The minimum Gasteiger partial charge on any atom is -0.497 e. The first-order valence-corrected chi connectivity index (χ1v) is 15.3. The van der Waals surface area contributed by atoms with Gasteiger partial charge in [-0.3, -0.25) is 0 Å². The SMILES string of the molecule is CCC(CCC1CC(c2ccc(OC)cc2)[C@@H](OCc2ccc3c(c2)N(CCCOC)CCO3)CN1)c1nnn(C)n1. The van der Waals surface area contributed by atoms with Crippen molar-refractivity contribution in [2.24, 2.45) is 7.05 Å². The molecule has 1 saturated heterocycles. The Kier molecular flexibility index (Phi) is 10.7. The average molecular weight is 579 g/mol. The van der Waals surface area contributed by atoms with Crippen LogP contribution in [0.25, 0.3) is 0 Å². The molecule has 2 aliphatic heterocycles. The van der Waals surface area contributed by atoms with E-state index in [1.165, 1.54) is 5.56 Å². The number of anilines is 1. The van der Waals surface area contributed by atoms with Crippen LogP contribution in [-0.2, 0) is 23.1 Å². The summed E-state index contributed by atoms with van der Waals surface area (Å²) >= 11 is 0. The van der Waals surface area contributed by atoms with Crippen LogP contribution in [0.2, 0.25) is 0 Å². The maximum Gasteiger partial charge on any atom is 0.177 e. The third-order valence-corrected chi connectivity index (χ3v) is 8.61. The lowest BCUT2D eigenvalue weighted by Crippen LogP contribution is -2.47. The molecule has 0 radical (unpaired) electrons. The van der Waals surface area contributed by atoms with Crippen LogP contribution < -0.4 is 19.7 Å². The van der Waals surface area contributed by atoms with E-state index in [0.29, 0.717) is 25.2 Å². The van der Waals surface area contributed by atoms with Crippen LogP contribution in [-0.4, -0.2) is 79.4 Å². The van der Waals surface area contributed by atoms with Gasteiger partial charge in [-0.2, -0.15) is 4.80 Å². The number of tetrazole rings is 1. The molecule has 3 aromatic rings. The Labute approximate surface area is 249 Å². The maximum absolute atomic E-state index is 6.68. The summed E-state index contributed by atoms with van der Waals surface area (Å²) in [5.41, 5.74) is 3.60. The van der Waals surface area contributed by atoms with Gasteiger partial charge in [0.25, 0.3) is 0 Å². The number of hydrogen-bond donors (Lipinski definition) is 1. The largest absolute Gasteiger partial charge is 0.497 e. The Morgan fingerprint density at radius 3 is 2.74 bits per heavy atom. The molecule has 0 bridgehead atoms. The lowest BCUT2D eigenvalue weighted by Gasteiger charge is -2.38. The number of fused-ring (bicyclic) bond motifs is 1. The molecule has 0 amide bonds. The zero-order chi connectivity index (χ0) is 29.3. The number of ether oxygens (including phenoxy) is 4. The van der Waals surface area contributed by atoms with Gasteiger partial charge in [-0.25, -0.2) is 0 Å². The van der Waals surface area contributed by atoms with Crippen molar-refractivity contribution < 1.29 is 18.9 Å². The molecule has 42 heavy (non-hydrogen) atoms. The second-order valence-electron chi connectivity index (χ2n) is 11.4. The molecule has 0 saturated carbocycles. The molecule has 1 fully saturated rings. The first-order valence-electron chi connectivity index (χ1n) is 15.3. The number of benzene rings is 2. The molecule has 1 aromatic heterocycles. The molecule has 0 spiro atoms. The number of aryl methyl sites for hydroxylation is 1. The predicted molar refractivity (Wildman–Crippen MR) is 162 cm³/mol. The third-order valence-electron chi connectivity index (χ3n) is 8.61. The van der Waals surface area contributed by atoms with Gasteiger partial charge in [0, 0.05) is 44.7 Å². The van der Waals surface area contributed by atoms with Gasteiger partial charge in [0.05, 0.1) is 39.1 Å². The predicted octanol–water partition coefficient (Wildman–Crippen LogP) is 4.46. The summed E-state index contributed by atoms with van der Waals surface area (Å²) in [5.74, 6) is 3.26. The fourth-order valence-electron chi connectivity index (χ4n) is 6.19. The van der Waals surface area contributed by atoms with Crippen molar-refractivity contribution in [3.05, 3.63) is 59.4 Å². The van der Waals surface area contributed by atoms with E-state index in [2.05, 4.69) is 75.0 Å². The number of piperidine rings is 1. The second kappa shape index (κ2) is 14.8. The van der Waals surface area contributed by atoms with Crippen LogP contribution in [0.3, 0.4) is 0 Å². The maximum atomic E-state index is 6.68. The van der Waals surface area contributed by atoms with E-state index in [4.69, 9.17) is 18.9 Å². The van der Waals surface area contributed by atoms with Crippen LogP contribution in [0.1, 0.15) is 67.8 Å². The van der Waals surface area contributed by atoms with Crippen molar-refractivity contribution in [1.29, 1.82) is 0 Å². The molecule has 2 aliphatic rings. The Morgan fingerprint density at radius 1 is 1.14 bits per heavy atom. The number of rotatable bonds is 14. The van der Waals surface area contributed by atoms with Gasteiger partial charge in [-0.05, 0) is 72.7 Å². The number of nitrogens with zero attached hydrogens (tertiary/aromatic N) is 5. The fourth-order valence-corrected chi connectivity index (χ4v) is 6.19. The van der Waals surface area contributed by atoms with Gasteiger partial charge in [-0.15, -0.1) is 10.2 Å². The zero-order valence-electron chi connectivity index (χ0n) is 25.5. The Morgan fingerprint density at radius 2 is 2.00 bits per heavy atom. The molecule has 4 atom stereocenters. The van der Waals surface area contributed by atoms with E-state index in [1.807, 2.05) is 7.05 Å². The summed E-state index contributed by atoms with van der Waals surface area (Å²) in [6, 6.07) is 15.3. The number of hydrogen-bond acceptors (Lipinski definition) is 9. The highest BCUT2D eigenvalue weighted by Gasteiger charge is 2.33. The van der Waals surface area contributed by atoms with Crippen molar-refractivity contribution in [1.82, 2.24) is 25.5 Å². The first-order chi connectivity index (χ1) is 20.6. The summed E-state index contributed by atoms with van der Waals surface area (Å²) in [7, 11) is 5.28. The lowest BCUT2D eigenvalue weighted by molar-refractivity contribution is 0.00198. The number of aromatic nitrogens is 4. The number of nitrogens with one attached hydrogen (secondary N) is 1. The molecule has 3 heterocycles.